The summed E-state index contributed by atoms with van der Waals surface area (Å²) in [7, 11) is 0. The summed E-state index contributed by atoms with van der Waals surface area (Å²) in [6, 6.07) is 16.5. The van der Waals surface area contributed by atoms with Gasteiger partial charge in [-0.15, -0.1) is 12.4 Å². The normalized spacial score (nSPS) is 17.8. The number of furan rings is 1. The van der Waals surface area contributed by atoms with Gasteiger partial charge in [-0.3, -0.25) is 9.69 Å². The van der Waals surface area contributed by atoms with Crippen molar-refractivity contribution in [3.05, 3.63) is 54.1 Å². The second kappa shape index (κ2) is 10.5. The van der Waals surface area contributed by atoms with Crippen molar-refractivity contribution >= 4 is 35.0 Å². The molecule has 0 atom stereocenters. The first-order chi connectivity index (χ1) is 15.3. The lowest BCUT2D eigenvalue weighted by Gasteiger charge is -2.27. The van der Waals surface area contributed by atoms with Crippen LogP contribution in [0.4, 0.5) is 5.69 Å². The highest BCUT2D eigenvalue weighted by atomic mass is 35.5. The first-order valence-electron chi connectivity index (χ1n) is 11.6. The number of anilines is 1. The number of amides is 1. The quantitative estimate of drug-likeness (QED) is 0.539. The molecule has 170 valence electrons. The predicted molar refractivity (Wildman–Crippen MR) is 132 cm³/mol. The van der Waals surface area contributed by atoms with Gasteiger partial charge in [0.25, 0.3) is 0 Å². The summed E-state index contributed by atoms with van der Waals surface area (Å²) in [5.41, 5.74) is 3.96. The molecule has 1 aromatic heterocycles. The van der Waals surface area contributed by atoms with Gasteiger partial charge in [0.05, 0.1) is 5.69 Å². The maximum absolute atomic E-state index is 12.8. The minimum Gasteiger partial charge on any atom is -0.456 e. The van der Waals surface area contributed by atoms with Crippen molar-refractivity contribution < 1.29 is 9.21 Å². The Morgan fingerprint density at radius 1 is 1.03 bits per heavy atom. The smallest absolute Gasteiger partial charge is 0.227 e. The fraction of sp³-hybridized carbons (Fsp3) is 0.423. The number of para-hydroxylation sites is 1. The third kappa shape index (κ3) is 5.17. The molecule has 0 unspecified atom stereocenters. The van der Waals surface area contributed by atoms with Gasteiger partial charge in [0.15, 0.2) is 0 Å². The monoisotopic (exact) mass is 453 g/mol. The Hall–Kier alpha value is -2.34. The molecule has 5 nitrogen and oxygen atoms in total. The number of piperazine rings is 1. The van der Waals surface area contributed by atoms with Gasteiger partial charge >= 0.3 is 0 Å². The van der Waals surface area contributed by atoms with Crippen molar-refractivity contribution in [3.63, 3.8) is 0 Å². The molecular formula is C26H32ClN3O2. The van der Waals surface area contributed by atoms with Crippen LogP contribution < -0.4 is 10.6 Å². The Balaban J connectivity index is 0.00000245. The minimum atomic E-state index is 0. The van der Waals surface area contributed by atoms with Gasteiger partial charge in [-0.25, -0.2) is 0 Å². The Morgan fingerprint density at radius 3 is 2.62 bits per heavy atom. The molecule has 1 aliphatic heterocycles. The third-order valence-electron chi connectivity index (χ3n) is 6.62. The number of carbonyl (C=O) groups is 1. The molecule has 2 heterocycles. The summed E-state index contributed by atoms with van der Waals surface area (Å²) in [6.45, 7) is 5.25. The number of hydrogen-bond donors (Lipinski definition) is 2. The first kappa shape index (κ1) is 22.8. The zero-order valence-corrected chi connectivity index (χ0v) is 19.3. The van der Waals surface area contributed by atoms with Gasteiger partial charge < -0.3 is 15.1 Å². The summed E-state index contributed by atoms with van der Waals surface area (Å²) in [5, 5.41) is 7.69. The van der Waals surface area contributed by atoms with Gasteiger partial charge in [-0.2, -0.15) is 0 Å². The van der Waals surface area contributed by atoms with Gasteiger partial charge in [0.2, 0.25) is 5.91 Å². The highest BCUT2D eigenvalue weighted by Gasteiger charge is 2.22. The minimum absolute atomic E-state index is 0. The standard InChI is InChI=1S/C26H31N3O2.ClH/c30-26(20-6-2-1-3-7-20)28-23-9-5-4-8-22(23)25-17-21-16-19(10-11-24(21)31-25)18-29-14-12-27-13-15-29;/h4-5,8-11,16-17,20,27H,1-3,6-7,12-15,18H2,(H,28,30);1H. The maximum Gasteiger partial charge on any atom is 0.227 e. The van der Waals surface area contributed by atoms with E-state index >= 15 is 0 Å². The molecule has 1 amide bonds. The van der Waals surface area contributed by atoms with Gasteiger partial charge in [-0.1, -0.05) is 37.5 Å². The summed E-state index contributed by atoms with van der Waals surface area (Å²) in [4.78, 5) is 15.3. The van der Waals surface area contributed by atoms with Crippen molar-refractivity contribution in [2.45, 2.75) is 38.6 Å². The highest BCUT2D eigenvalue weighted by Crippen LogP contribution is 2.34. The number of halogens is 1. The molecule has 1 saturated carbocycles. The Morgan fingerprint density at radius 2 is 1.81 bits per heavy atom. The van der Waals surface area contributed by atoms with Gasteiger partial charge in [-0.05, 0) is 48.7 Å². The topological polar surface area (TPSA) is 57.5 Å². The van der Waals surface area contributed by atoms with E-state index in [-0.39, 0.29) is 24.2 Å². The lowest BCUT2D eigenvalue weighted by molar-refractivity contribution is -0.120. The fourth-order valence-electron chi connectivity index (χ4n) is 4.86. The van der Waals surface area contributed by atoms with Gasteiger partial charge in [0.1, 0.15) is 11.3 Å². The molecule has 2 fully saturated rings. The van der Waals surface area contributed by atoms with Crippen LogP contribution in [0.2, 0.25) is 0 Å². The Labute approximate surface area is 196 Å². The second-order valence-electron chi connectivity index (χ2n) is 8.88. The molecule has 0 bridgehead atoms. The van der Waals surface area contributed by atoms with Crippen LogP contribution in [-0.2, 0) is 11.3 Å². The van der Waals surface area contributed by atoms with Crippen LogP contribution in [0, 0.1) is 5.92 Å². The zero-order valence-electron chi connectivity index (χ0n) is 18.4. The molecule has 0 radical (unpaired) electrons. The average molecular weight is 454 g/mol. The lowest BCUT2D eigenvalue weighted by atomic mass is 9.88. The van der Waals surface area contributed by atoms with E-state index in [1.165, 1.54) is 12.0 Å². The summed E-state index contributed by atoms with van der Waals surface area (Å²) < 4.78 is 6.19. The number of nitrogens with zero attached hydrogens (tertiary/aromatic N) is 1. The molecule has 3 aromatic rings. The zero-order chi connectivity index (χ0) is 21.0. The van der Waals surface area contributed by atoms with Crippen LogP contribution in [0.15, 0.2) is 52.9 Å². The van der Waals surface area contributed by atoms with Crippen LogP contribution in [0.25, 0.3) is 22.3 Å². The summed E-state index contributed by atoms with van der Waals surface area (Å²) in [6.07, 6.45) is 5.54. The number of benzene rings is 2. The molecule has 2 aromatic carbocycles. The number of carbonyl (C=O) groups excluding carboxylic acids is 1. The SMILES string of the molecule is Cl.O=C(Nc1ccccc1-c1cc2cc(CN3CCNCC3)ccc2o1)C1CCCCC1. The van der Waals surface area contributed by atoms with Crippen molar-refractivity contribution in [1.82, 2.24) is 10.2 Å². The largest absolute Gasteiger partial charge is 0.456 e. The van der Waals surface area contributed by atoms with Gasteiger partial charge in [0, 0.05) is 49.6 Å². The van der Waals surface area contributed by atoms with E-state index in [1.54, 1.807) is 0 Å². The first-order valence-corrected chi connectivity index (χ1v) is 11.6. The van der Waals surface area contributed by atoms with E-state index in [4.69, 9.17) is 4.42 Å². The Bertz CT molecular complexity index is 1050. The van der Waals surface area contributed by atoms with Crippen molar-refractivity contribution in [2.75, 3.05) is 31.5 Å². The number of hydrogen-bond acceptors (Lipinski definition) is 4. The molecular weight excluding hydrogens is 422 g/mol. The van der Waals surface area contributed by atoms with E-state index in [9.17, 15) is 4.79 Å². The second-order valence-corrected chi connectivity index (χ2v) is 8.88. The summed E-state index contributed by atoms with van der Waals surface area (Å²) >= 11 is 0. The molecule has 2 N–H and O–H groups in total. The Kier molecular flexibility index (Phi) is 7.51. The molecule has 2 aliphatic rings. The van der Waals surface area contributed by atoms with E-state index in [2.05, 4.69) is 39.8 Å². The number of nitrogens with one attached hydrogen (secondary N) is 2. The lowest BCUT2D eigenvalue weighted by Crippen LogP contribution is -2.42. The third-order valence-corrected chi connectivity index (χ3v) is 6.62. The average Bonchev–Trinajstić information content (AvgIpc) is 3.24. The van der Waals surface area contributed by atoms with E-state index in [1.807, 2.05) is 24.3 Å². The molecule has 1 saturated heterocycles. The fourth-order valence-corrected chi connectivity index (χ4v) is 4.86. The van der Waals surface area contributed by atoms with Crippen molar-refractivity contribution in [2.24, 2.45) is 5.92 Å². The number of fused-ring (bicyclic) bond motifs is 1. The number of rotatable bonds is 5. The van der Waals surface area contributed by atoms with E-state index < -0.39 is 0 Å². The van der Waals surface area contributed by atoms with Crippen LogP contribution in [0.5, 0.6) is 0 Å². The van der Waals surface area contributed by atoms with Crippen LogP contribution >= 0.6 is 12.4 Å². The van der Waals surface area contributed by atoms with Crippen molar-refractivity contribution in [1.29, 1.82) is 0 Å². The molecule has 6 heteroatoms. The molecule has 32 heavy (non-hydrogen) atoms. The maximum atomic E-state index is 12.8. The van der Waals surface area contributed by atoms with E-state index in [0.29, 0.717) is 0 Å². The van der Waals surface area contributed by atoms with Crippen molar-refractivity contribution in [3.8, 4) is 11.3 Å². The highest BCUT2D eigenvalue weighted by molar-refractivity contribution is 5.97. The summed E-state index contributed by atoms with van der Waals surface area (Å²) in [5.74, 6) is 1.07. The molecule has 1 aliphatic carbocycles. The molecule has 0 spiro atoms. The predicted octanol–water partition coefficient (Wildman–Crippen LogP) is 5.45. The van der Waals surface area contributed by atoms with Crippen LogP contribution in [0.3, 0.4) is 0 Å². The molecule has 5 rings (SSSR count). The van der Waals surface area contributed by atoms with Crippen LogP contribution in [0.1, 0.15) is 37.7 Å². The van der Waals surface area contributed by atoms with Crippen LogP contribution in [-0.4, -0.2) is 37.0 Å². The van der Waals surface area contributed by atoms with E-state index in [0.717, 1.165) is 86.4 Å².